The van der Waals surface area contributed by atoms with E-state index in [9.17, 15) is 0 Å². The van der Waals surface area contributed by atoms with Crippen LogP contribution in [-0.4, -0.2) is 19.5 Å². The molecule has 0 amide bonds. The van der Waals surface area contributed by atoms with Gasteiger partial charge in [0.25, 0.3) is 0 Å². The van der Waals surface area contributed by atoms with Crippen molar-refractivity contribution in [1.82, 2.24) is 19.5 Å². The summed E-state index contributed by atoms with van der Waals surface area (Å²) in [6, 6.07) is 20.0. The van der Waals surface area contributed by atoms with E-state index in [1.165, 1.54) is 22.3 Å². The van der Waals surface area contributed by atoms with Crippen molar-refractivity contribution in [2.45, 2.75) is 20.3 Å². The molecule has 5 aromatic rings. The smallest absolute Gasteiger partial charge is 0.228 e. The van der Waals surface area contributed by atoms with Gasteiger partial charge < -0.3 is 14.9 Å². The number of nitrogens with one attached hydrogen (secondary N) is 2. The second kappa shape index (κ2) is 8.29. The van der Waals surface area contributed by atoms with Crippen molar-refractivity contribution in [2.24, 2.45) is 7.05 Å². The summed E-state index contributed by atoms with van der Waals surface area (Å²) in [5.74, 6) is 0.548. The first-order chi connectivity index (χ1) is 16.0. The van der Waals surface area contributed by atoms with Crippen molar-refractivity contribution in [3.05, 3.63) is 94.9 Å². The minimum atomic E-state index is 0.548. The van der Waals surface area contributed by atoms with Gasteiger partial charge in [0, 0.05) is 37.2 Å². The van der Waals surface area contributed by atoms with Crippen molar-refractivity contribution in [3.8, 4) is 17.3 Å². The number of hydrogen-bond acceptors (Lipinski definition) is 4. The van der Waals surface area contributed by atoms with Crippen LogP contribution in [0.3, 0.4) is 0 Å². The van der Waals surface area contributed by atoms with Gasteiger partial charge in [0.05, 0.1) is 28.4 Å². The molecule has 3 aromatic heterocycles. The van der Waals surface area contributed by atoms with E-state index in [0.29, 0.717) is 17.9 Å². The van der Waals surface area contributed by atoms with Gasteiger partial charge in [-0.05, 0) is 90.7 Å². The zero-order chi connectivity index (χ0) is 22.9. The molecule has 0 spiro atoms. The number of nitriles is 1. The third kappa shape index (κ3) is 3.97. The van der Waals surface area contributed by atoms with Crippen molar-refractivity contribution < 1.29 is 0 Å². The van der Waals surface area contributed by atoms with Crippen LogP contribution < -0.4 is 5.32 Å². The summed E-state index contributed by atoms with van der Waals surface area (Å²) >= 11 is 0. The second-order valence-electron chi connectivity index (χ2n) is 8.32. The van der Waals surface area contributed by atoms with Crippen LogP contribution in [0.1, 0.15) is 27.9 Å². The predicted octanol–water partition coefficient (Wildman–Crippen LogP) is 5.79. The van der Waals surface area contributed by atoms with E-state index >= 15 is 0 Å². The number of anilines is 2. The molecule has 2 N–H and O–H groups in total. The Balaban J connectivity index is 1.53. The molecule has 0 fully saturated rings. The van der Waals surface area contributed by atoms with Gasteiger partial charge in [-0.25, -0.2) is 9.97 Å². The Morgan fingerprint density at radius 2 is 1.79 bits per heavy atom. The molecule has 0 aliphatic carbocycles. The molecule has 0 atom stereocenters. The van der Waals surface area contributed by atoms with Gasteiger partial charge in [-0.1, -0.05) is 0 Å². The van der Waals surface area contributed by atoms with Crippen molar-refractivity contribution in [1.29, 1.82) is 5.26 Å². The lowest BCUT2D eigenvalue weighted by atomic mass is 9.94. The van der Waals surface area contributed by atoms with Gasteiger partial charge in [-0.3, -0.25) is 0 Å². The molecule has 5 rings (SSSR count). The van der Waals surface area contributed by atoms with Gasteiger partial charge in [-0.2, -0.15) is 5.26 Å². The first-order valence-electron chi connectivity index (χ1n) is 10.8. The molecule has 3 heterocycles. The number of aryl methyl sites for hydroxylation is 3. The Hall–Kier alpha value is -4.37. The average Bonchev–Trinajstić information content (AvgIpc) is 3.47. The lowest BCUT2D eigenvalue weighted by molar-refractivity contribution is 0.936. The first kappa shape index (κ1) is 20.5. The molecule has 33 heavy (non-hydrogen) atoms. The number of hydrogen-bond donors (Lipinski definition) is 2. The van der Waals surface area contributed by atoms with Gasteiger partial charge >= 0.3 is 0 Å². The van der Waals surface area contributed by atoms with Gasteiger partial charge in [0.15, 0.2) is 0 Å². The Labute approximate surface area is 192 Å². The molecule has 0 saturated carbocycles. The Bertz CT molecular complexity index is 1460. The summed E-state index contributed by atoms with van der Waals surface area (Å²) in [6.07, 6.45) is 4.67. The molecule has 0 aliphatic heterocycles. The molecule has 0 radical (unpaired) electrons. The highest BCUT2D eigenvalue weighted by Crippen LogP contribution is 2.28. The topological polar surface area (TPSA) is 82.3 Å². The fourth-order valence-electron chi connectivity index (χ4n) is 4.32. The number of fused-ring (bicyclic) bond motifs is 1. The average molecular weight is 433 g/mol. The Morgan fingerprint density at radius 3 is 2.45 bits per heavy atom. The molecule has 162 valence electrons. The lowest BCUT2D eigenvalue weighted by Gasteiger charge is -2.14. The SMILES string of the molecule is Cc1cc(-c2ccc[nH]2)cc(C)c1Cc1nc(Nc2ccc(C#N)cc2)nc2ccn(C)c12. The van der Waals surface area contributed by atoms with Gasteiger partial charge in [0.2, 0.25) is 5.95 Å². The zero-order valence-corrected chi connectivity index (χ0v) is 18.8. The highest BCUT2D eigenvalue weighted by molar-refractivity contribution is 5.80. The number of aromatic nitrogens is 4. The number of aromatic amines is 1. The summed E-state index contributed by atoms with van der Waals surface area (Å²) < 4.78 is 2.08. The molecule has 6 heteroatoms. The van der Waals surface area contributed by atoms with Crippen LogP contribution >= 0.6 is 0 Å². The second-order valence-corrected chi connectivity index (χ2v) is 8.32. The Kier molecular flexibility index (Phi) is 5.15. The molecular formula is C27H24N6. The summed E-state index contributed by atoms with van der Waals surface area (Å²) in [6.45, 7) is 4.32. The third-order valence-corrected chi connectivity index (χ3v) is 6.01. The number of benzene rings is 2. The largest absolute Gasteiger partial charge is 0.361 e. The van der Waals surface area contributed by atoms with Crippen LogP contribution in [0.2, 0.25) is 0 Å². The number of H-pyrrole nitrogens is 1. The highest BCUT2D eigenvalue weighted by atomic mass is 15.1. The van der Waals surface area contributed by atoms with E-state index in [-0.39, 0.29) is 0 Å². The van der Waals surface area contributed by atoms with Crippen LogP contribution in [0.15, 0.2) is 67.0 Å². The first-order valence-corrected chi connectivity index (χ1v) is 10.8. The van der Waals surface area contributed by atoms with Crippen molar-refractivity contribution >= 4 is 22.7 Å². The molecule has 0 saturated heterocycles. The molecular weight excluding hydrogens is 408 g/mol. The normalized spacial score (nSPS) is 11.0. The lowest BCUT2D eigenvalue weighted by Crippen LogP contribution is -2.06. The van der Waals surface area contributed by atoms with E-state index in [0.717, 1.165) is 28.1 Å². The molecule has 6 nitrogen and oxygen atoms in total. The van der Waals surface area contributed by atoms with E-state index in [2.05, 4.69) is 53.0 Å². The summed E-state index contributed by atoms with van der Waals surface area (Å²) in [5.41, 5.74) is 10.4. The van der Waals surface area contributed by atoms with E-state index in [1.54, 1.807) is 12.1 Å². The van der Waals surface area contributed by atoms with Crippen LogP contribution in [0.25, 0.3) is 22.3 Å². The standard InChI is InChI=1S/C27H24N6/c1-17-13-20(23-5-4-11-29-23)14-18(2)22(17)15-25-26-24(10-12-33(26)3)31-27(32-25)30-21-8-6-19(16-28)7-9-21/h4-14,29H,15H2,1-3H3,(H,30,31,32). The van der Waals surface area contributed by atoms with E-state index in [4.69, 9.17) is 15.2 Å². The summed E-state index contributed by atoms with van der Waals surface area (Å²) in [7, 11) is 2.02. The van der Waals surface area contributed by atoms with Gasteiger partial charge in [-0.15, -0.1) is 0 Å². The van der Waals surface area contributed by atoms with Crippen molar-refractivity contribution in [2.75, 3.05) is 5.32 Å². The summed E-state index contributed by atoms with van der Waals surface area (Å²) in [4.78, 5) is 12.9. The van der Waals surface area contributed by atoms with Crippen LogP contribution in [0.5, 0.6) is 0 Å². The maximum Gasteiger partial charge on any atom is 0.228 e. The molecule has 2 aromatic carbocycles. The fourth-order valence-corrected chi connectivity index (χ4v) is 4.32. The maximum absolute atomic E-state index is 9.03. The van der Waals surface area contributed by atoms with Gasteiger partial charge in [0.1, 0.15) is 0 Å². The summed E-state index contributed by atoms with van der Waals surface area (Å²) in [5, 5.41) is 12.3. The Morgan fingerprint density at radius 1 is 1.03 bits per heavy atom. The molecule has 0 bridgehead atoms. The van der Waals surface area contributed by atoms with E-state index < -0.39 is 0 Å². The number of rotatable bonds is 5. The quantitative estimate of drug-likeness (QED) is 0.368. The fraction of sp³-hybridized carbons (Fsp3) is 0.148. The maximum atomic E-state index is 9.03. The zero-order valence-electron chi connectivity index (χ0n) is 18.8. The van der Waals surface area contributed by atoms with Crippen LogP contribution in [0.4, 0.5) is 11.6 Å². The van der Waals surface area contributed by atoms with E-state index in [1.807, 2.05) is 43.7 Å². The van der Waals surface area contributed by atoms with Crippen LogP contribution in [-0.2, 0) is 13.5 Å². The van der Waals surface area contributed by atoms with Crippen LogP contribution in [0, 0.1) is 25.2 Å². The monoisotopic (exact) mass is 432 g/mol. The molecule has 0 aliphatic rings. The third-order valence-electron chi connectivity index (χ3n) is 6.01. The minimum absolute atomic E-state index is 0.548. The van der Waals surface area contributed by atoms with Crippen molar-refractivity contribution in [3.63, 3.8) is 0 Å². The highest BCUT2D eigenvalue weighted by Gasteiger charge is 2.15. The molecule has 0 unspecified atom stereocenters. The number of nitrogens with zero attached hydrogens (tertiary/aromatic N) is 4. The predicted molar refractivity (Wildman–Crippen MR) is 131 cm³/mol. The minimum Gasteiger partial charge on any atom is -0.361 e.